The quantitative estimate of drug-likeness (QED) is 0.838. The number of aliphatic hydroxyl groups is 1. The third-order valence-corrected chi connectivity index (χ3v) is 4.14. The maximum Gasteiger partial charge on any atom is 0.225 e. The van der Waals surface area contributed by atoms with Gasteiger partial charge in [0, 0.05) is 23.9 Å². The summed E-state index contributed by atoms with van der Waals surface area (Å²) in [6, 6.07) is 3.75. The lowest BCUT2D eigenvalue weighted by Gasteiger charge is -2.20. The minimum Gasteiger partial charge on any atom is -0.391 e. The maximum atomic E-state index is 12.1. The van der Waals surface area contributed by atoms with Crippen molar-refractivity contribution in [2.75, 3.05) is 7.05 Å². The molecular weight excluding hydrogens is 236 g/mol. The number of rotatable bonds is 3. The van der Waals surface area contributed by atoms with E-state index in [-0.39, 0.29) is 17.9 Å². The molecule has 1 saturated carbocycles. The zero-order valence-electron chi connectivity index (χ0n) is 9.87. The monoisotopic (exact) mass is 254 g/mol. The molecular formula is C12H18N2O2S. The molecule has 5 heteroatoms. The summed E-state index contributed by atoms with van der Waals surface area (Å²) in [6.07, 6.45) is 0.558. The third kappa shape index (κ3) is 2.86. The van der Waals surface area contributed by atoms with Gasteiger partial charge < -0.3 is 15.7 Å². The highest BCUT2D eigenvalue weighted by Crippen LogP contribution is 2.27. The van der Waals surface area contributed by atoms with Crippen molar-refractivity contribution in [1.82, 2.24) is 4.90 Å². The van der Waals surface area contributed by atoms with E-state index in [9.17, 15) is 9.90 Å². The average Bonchev–Trinajstić information content (AvgIpc) is 2.89. The molecule has 0 bridgehead atoms. The Balaban J connectivity index is 1.91. The van der Waals surface area contributed by atoms with Crippen molar-refractivity contribution in [2.45, 2.75) is 31.5 Å². The molecule has 17 heavy (non-hydrogen) atoms. The Labute approximate surface area is 105 Å². The molecule has 1 aromatic rings. The van der Waals surface area contributed by atoms with E-state index >= 15 is 0 Å². The highest BCUT2D eigenvalue weighted by atomic mass is 32.1. The van der Waals surface area contributed by atoms with Crippen LogP contribution < -0.4 is 5.73 Å². The first-order valence-corrected chi connectivity index (χ1v) is 6.67. The lowest BCUT2D eigenvalue weighted by atomic mass is 10.1. The van der Waals surface area contributed by atoms with Crippen LogP contribution in [0.2, 0.25) is 0 Å². The first kappa shape index (κ1) is 12.5. The molecule has 0 saturated heterocycles. The molecule has 4 nitrogen and oxygen atoms in total. The lowest BCUT2D eigenvalue weighted by Crippen LogP contribution is -2.32. The van der Waals surface area contributed by atoms with Gasteiger partial charge in [0.05, 0.1) is 12.6 Å². The van der Waals surface area contributed by atoms with Crippen LogP contribution in [0.4, 0.5) is 0 Å². The number of hydrogen-bond donors (Lipinski definition) is 2. The molecule has 0 spiro atoms. The molecule has 1 heterocycles. The molecule has 1 fully saturated rings. The van der Waals surface area contributed by atoms with Gasteiger partial charge in [-0.25, -0.2) is 0 Å². The zero-order valence-corrected chi connectivity index (χ0v) is 10.7. The summed E-state index contributed by atoms with van der Waals surface area (Å²) in [6.45, 7) is 0.637. The number of nitrogens with two attached hydrogens (primary N) is 1. The number of amides is 1. The van der Waals surface area contributed by atoms with E-state index in [1.807, 2.05) is 17.5 Å². The van der Waals surface area contributed by atoms with E-state index in [2.05, 4.69) is 0 Å². The Morgan fingerprint density at radius 3 is 2.94 bits per heavy atom. The first-order valence-electron chi connectivity index (χ1n) is 5.79. The molecule has 1 aromatic heterocycles. The molecule has 1 aliphatic carbocycles. The molecule has 1 amide bonds. The van der Waals surface area contributed by atoms with Crippen molar-refractivity contribution in [3.63, 3.8) is 0 Å². The number of aliphatic hydroxyl groups excluding tert-OH is 1. The van der Waals surface area contributed by atoms with E-state index < -0.39 is 6.10 Å². The lowest BCUT2D eigenvalue weighted by molar-refractivity contribution is -0.134. The van der Waals surface area contributed by atoms with Crippen LogP contribution in [0.15, 0.2) is 17.5 Å². The van der Waals surface area contributed by atoms with Crippen LogP contribution in [0, 0.1) is 5.92 Å². The molecule has 2 rings (SSSR count). The molecule has 0 aromatic carbocycles. The molecule has 1 aliphatic rings. The summed E-state index contributed by atoms with van der Waals surface area (Å²) in [5.74, 6) is -0.0321. The Morgan fingerprint density at radius 1 is 1.65 bits per heavy atom. The van der Waals surface area contributed by atoms with Crippen LogP contribution in [0.25, 0.3) is 0 Å². The molecule has 94 valence electrons. The van der Waals surface area contributed by atoms with Crippen LogP contribution in [-0.2, 0) is 11.3 Å². The van der Waals surface area contributed by atoms with Crippen molar-refractivity contribution in [3.8, 4) is 0 Å². The van der Waals surface area contributed by atoms with Crippen molar-refractivity contribution in [2.24, 2.45) is 11.7 Å². The molecule has 0 aliphatic heterocycles. The number of carbonyl (C=O) groups is 1. The van der Waals surface area contributed by atoms with E-state index in [1.165, 1.54) is 4.88 Å². The van der Waals surface area contributed by atoms with Crippen molar-refractivity contribution in [1.29, 1.82) is 0 Å². The zero-order chi connectivity index (χ0) is 12.4. The Kier molecular flexibility index (Phi) is 3.81. The average molecular weight is 254 g/mol. The molecule has 0 unspecified atom stereocenters. The van der Waals surface area contributed by atoms with Gasteiger partial charge in [-0.1, -0.05) is 6.07 Å². The molecule has 3 atom stereocenters. The van der Waals surface area contributed by atoms with Gasteiger partial charge in [-0.3, -0.25) is 4.79 Å². The SMILES string of the molecule is CN(Cc1cccs1)C(=O)[C@H]1C[C@@H](N)[C@H](O)C1. The summed E-state index contributed by atoms with van der Waals surface area (Å²) >= 11 is 1.64. The summed E-state index contributed by atoms with van der Waals surface area (Å²) in [7, 11) is 1.80. The van der Waals surface area contributed by atoms with Gasteiger partial charge in [0.15, 0.2) is 0 Å². The second-order valence-corrected chi connectivity index (χ2v) is 5.71. The van der Waals surface area contributed by atoms with Gasteiger partial charge in [-0.2, -0.15) is 0 Å². The van der Waals surface area contributed by atoms with Gasteiger partial charge in [-0.15, -0.1) is 11.3 Å². The largest absolute Gasteiger partial charge is 0.391 e. The summed E-state index contributed by atoms with van der Waals surface area (Å²) < 4.78 is 0. The minimum absolute atomic E-state index is 0.0883. The topological polar surface area (TPSA) is 66.6 Å². The molecule has 0 radical (unpaired) electrons. The van der Waals surface area contributed by atoms with E-state index in [0.29, 0.717) is 19.4 Å². The Morgan fingerprint density at radius 2 is 2.41 bits per heavy atom. The fraction of sp³-hybridized carbons (Fsp3) is 0.583. The van der Waals surface area contributed by atoms with E-state index in [0.717, 1.165) is 0 Å². The van der Waals surface area contributed by atoms with E-state index in [4.69, 9.17) is 5.73 Å². The standard InChI is InChI=1S/C12H18N2O2S/c1-14(7-9-3-2-4-17-9)12(16)8-5-10(13)11(15)6-8/h2-4,8,10-11,15H,5-7,13H2,1H3/t8-,10+,11+/m0/s1. The van der Waals surface area contributed by atoms with Gasteiger partial charge >= 0.3 is 0 Å². The minimum atomic E-state index is -0.529. The summed E-state index contributed by atoms with van der Waals surface area (Å²) in [5, 5.41) is 11.6. The van der Waals surface area contributed by atoms with Gasteiger partial charge in [0.1, 0.15) is 0 Å². The first-order chi connectivity index (χ1) is 8.08. The van der Waals surface area contributed by atoms with Crippen LogP contribution >= 0.6 is 11.3 Å². The predicted octanol–water partition coefficient (Wildman–Crippen LogP) is 0.805. The predicted molar refractivity (Wildman–Crippen MR) is 67.5 cm³/mol. The number of thiophene rings is 1. The second kappa shape index (κ2) is 5.16. The normalized spacial score (nSPS) is 28.3. The number of hydrogen-bond acceptors (Lipinski definition) is 4. The van der Waals surface area contributed by atoms with Crippen LogP contribution in [0.1, 0.15) is 17.7 Å². The van der Waals surface area contributed by atoms with Gasteiger partial charge in [0.2, 0.25) is 5.91 Å². The van der Waals surface area contributed by atoms with Crippen molar-refractivity contribution in [3.05, 3.63) is 22.4 Å². The van der Waals surface area contributed by atoms with Crippen LogP contribution in [0.5, 0.6) is 0 Å². The summed E-state index contributed by atoms with van der Waals surface area (Å²) in [4.78, 5) is 15.0. The Hall–Kier alpha value is -0.910. The number of nitrogens with zero attached hydrogens (tertiary/aromatic N) is 1. The van der Waals surface area contributed by atoms with Gasteiger partial charge in [0.25, 0.3) is 0 Å². The summed E-state index contributed by atoms with van der Waals surface area (Å²) in [5.41, 5.74) is 5.72. The highest BCUT2D eigenvalue weighted by Gasteiger charge is 2.35. The van der Waals surface area contributed by atoms with Crippen LogP contribution in [0.3, 0.4) is 0 Å². The molecule has 3 N–H and O–H groups in total. The van der Waals surface area contributed by atoms with E-state index in [1.54, 1.807) is 23.3 Å². The third-order valence-electron chi connectivity index (χ3n) is 3.28. The number of carbonyl (C=O) groups excluding carboxylic acids is 1. The van der Waals surface area contributed by atoms with Gasteiger partial charge in [-0.05, 0) is 24.3 Å². The van der Waals surface area contributed by atoms with Crippen molar-refractivity contribution < 1.29 is 9.90 Å². The maximum absolute atomic E-state index is 12.1. The van der Waals surface area contributed by atoms with Crippen molar-refractivity contribution >= 4 is 17.2 Å². The smallest absolute Gasteiger partial charge is 0.225 e. The fourth-order valence-corrected chi connectivity index (χ4v) is 3.03. The second-order valence-electron chi connectivity index (χ2n) is 4.67. The Bertz CT molecular complexity index is 370. The highest BCUT2D eigenvalue weighted by molar-refractivity contribution is 7.09. The van der Waals surface area contributed by atoms with Crippen LogP contribution in [-0.4, -0.2) is 35.1 Å². The fourth-order valence-electron chi connectivity index (χ4n) is 2.28.